The SMILES string of the molecule is CC[C@H]1S[C@H](c2ccc(F)cc2F)N(CCN(C)C(=O)NC(C)C)C1=O. The zero-order valence-corrected chi connectivity index (χ0v) is 16.3. The topological polar surface area (TPSA) is 52.6 Å². The quantitative estimate of drug-likeness (QED) is 0.817. The summed E-state index contributed by atoms with van der Waals surface area (Å²) in [6.45, 7) is 6.24. The third-order valence-electron chi connectivity index (χ3n) is 4.17. The van der Waals surface area contributed by atoms with Crippen LogP contribution in [0.2, 0.25) is 0 Å². The van der Waals surface area contributed by atoms with Gasteiger partial charge in [0.1, 0.15) is 17.0 Å². The van der Waals surface area contributed by atoms with Gasteiger partial charge in [-0.15, -0.1) is 11.8 Å². The summed E-state index contributed by atoms with van der Waals surface area (Å²) in [7, 11) is 1.65. The van der Waals surface area contributed by atoms with E-state index in [2.05, 4.69) is 5.32 Å². The maximum absolute atomic E-state index is 14.2. The van der Waals surface area contributed by atoms with Gasteiger partial charge in [-0.1, -0.05) is 13.0 Å². The first-order valence-corrected chi connectivity index (χ1v) is 9.61. The zero-order valence-electron chi connectivity index (χ0n) is 15.5. The van der Waals surface area contributed by atoms with Gasteiger partial charge < -0.3 is 15.1 Å². The van der Waals surface area contributed by atoms with E-state index in [1.807, 2.05) is 20.8 Å². The molecule has 144 valence electrons. The van der Waals surface area contributed by atoms with E-state index in [1.165, 1.54) is 28.8 Å². The van der Waals surface area contributed by atoms with Crippen molar-refractivity contribution in [1.29, 1.82) is 0 Å². The number of likely N-dealkylation sites (N-methyl/N-ethyl adjacent to an activating group) is 1. The minimum Gasteiger partial charge on any atom is -0.336 e. The Bertz CT molecular complexity index is 672. The van der Waals surface area contributed by atoms with Gasteiger partial charge in [-0.2, -0.15) is 0 Å². The fraction of sp³-hybridized carbons (Fsp3) is 0.556. The second-order valence-electron chi connectivity index (χ2n) is 6.61. The van der Waals surface area contributed by atoms with Gasteiger partial charge in [-0.3, -0.25) is 4.79 Å². The molecule has 5 nitrogen and oxygen atoms in total. The van der Waals surface area contributed by atoms with Crippen LogP contribution in [-0.2, 0) is 4.79 Å². The molecule has 1 N–H and O–H groups in total. The fourth-order valence-corrected chi connectivity index (χ4v) is 4.19. The van der Waals surface area contributed by atoms with Crippen molar-refractivity contribution in [2.45, 2.75) is 43.9 Å². The summed E-state index contributed by atoms with van der Waals surface area (Å²) in [5, 5.41) is 2.00. The van der Waals surface area contributed by atoms with Crippen LogP contribution in [0.15, 0.2) is 18.2 Å². The van der Waals surface area contributed by atoms with E-state index >= 15 is 0 Å². The molecule has 3 amide bonds. The van der Waals surface area contributed by atoms with E-state index in [0.717, 1.165) is 6.07 Å². The molecule has 1 aliphatic rings. The van der Waals surface area contributed by atoms with Crippen LogP contribution in [0.1, 0.15) is 38.1 Å². The Hall–Kier alpha value is -1.83. The van der Waals surface area contributed by atoms with Crippen LogP contribution in [0.5, 0.6) is 0 Å². The summed E-state index contributed by atoms with van der Waals surface area (Å²) in [6, 6.07) is 3.20. The molecule has 1 aromatic rings. The summed E-state index contributed by atoms with van der Waals surface area (Å²) >= 11 is 1.37. The summed E-state index contributed by atoms with van der Waals surface area (Å²) in [5.41, 5.74) is 0.287. The lowest BCUT2D eigenvalue weighted by Crippen LogP contribution is -2.44. The van der Waals surface area contributed by atoms with Gasteiger partial charge >= 0.3 is 6.03 Å². The first-order valence-electron chi connectivity index (χ1n) is 8.67. The summed E-state index contributed by atoms with van der Waals surface area (Å²) in [5.74, 6) is -1.39. The Kier molecular flexibility index (Phi) is 6.86. The van der Waals surface area contributed by atoms with Gasteiger partial charge in [0.15, 0.2) is 0 Å². The third-order valence-corrected chi connectivity index (χ3v) is 5.80. The number of rotatable bonds is 6. The van der Waals surface area contributed by atoms with Gasteiger partial charge in [0.05, 0.1) is 5.25 Å². The van der Waals surface area contributed by atoms with Crippen molar-refractivity contribution < 1.29 is 18.4 Å². The standard InChI is InChI=1S/C18H25F2N3O2S/c1-5-15-16(24)23(9-8-22(4)18(25)21-11(2)3)17(26-15)13-7-6-12(19)10-14(13)20/h6-7,10-11,15,17H,5,8-9H2,1-4H3,(H,21,25)/t15-,17-/m1/s1. The van der Waals surface area contributed by atoms with Gasteiger partial charge in [-0.05, 0) is 26.3 Å². The predicted octanol–water partition coefficient (Wildman–Crippen LogP) is 3.37. The van der Waals surface area contributed by atoms with E-state index < -0.39 is 17.0 Å². The minimum absolute atomic E-state index is 0.0134. The monoisotopic (exact) mass is 385 g/mol. The van der Waals surface area contributed by atoms with Crippen LogP contribution in [-0.4, -0.2) is 53.2 Å². The van der Waals surface area contributed by atoms with E-state index in [4.69, 9.17) is 0 Å². The lowest BCUT2D eigenvalue weighted by atomic mass is 10.1. The van der Waals surface area contributed by atoms with Gasteiger partial charge in [0.2, 0.25) is 5.91 Å². The number of urea groups is 1. The molecule has 0 radical (unpaired) electrons. The molecule has 1 aromatic carbocycles. The van der Waals surface area contributed by atoms with E-state index in [1.54, 1.807) is 11.9 Å². The number of benzene rings is 1. The highest BCUT2D eigenvalue weighted by Gasteiger charge is 2.41. The van der Waals surface area contributed by atoms with Crippen molar-refractivity contribution in [3.05, 3.63) is 35.4 Å². The maximum atomic E-state index is 14.2. The van der Waals surface area contributed by atoms with Gasteiger partial charge in [-0.25, -0.2) is 13.6 Å². The Morgan fingerprint density at radius 1 is 1.38 bits per heavy atom. The number of amides is 3. The summed E-state index contributed by atoms with van der Waals surface area (Å²) in [4.78, 5) is 27.7. The highest BCUT2D eigenvalue weighted by atomic mass is 32.2. The van der Waals surface area contributed by atoms with E-state index in [-0.39, 0.29) is 35.3 Å². The smallest absolute Gasteiger partial charge is 0.317 e. The highest BCUT2D eigenvalue weighted by molar-refractivity contribution is 8.01. The van der Waals surface area contributed by atoms with Crippen molar-refractivity contribution in [3.8, 4) is 0 Å². The van der Waals surface area contributed by atoms with Gasteiger partial charge in [0, 0.05) is 37.8 Å². The molecule has 0 unspecified atom stereocenters. The third kappa shape index (κ3) is 4.66. The van der Waals surface area contributed by atoms with Crippen molar-refractivity contribution in [1.82, 2.24) is 15.1 Å². The maximum Gasteiger partial charge on any atom is 0.317 e. The molecule has 0 bridgehead atoms. The Balaban J connectivity index is 2.14. The van der Waals surface area contributed by atoms with Crippen LogP contribution in [0.4, 0.5) is 13.6 Å². The van der Waals surface area contributed by atoms with Gasteiger partial charge in [0.25, 0.3) is 0 Å². The molecule has 0 spiro atoms. The largest absolute Gasteiger partial charge is 0.336 e. The molecule has 8 heteroatoms. The lowest BCUT2D eigenvalue weighted by molar-refractivity contribution is -0.130. The van der Waals surface area contributed by atoms with Crippen molar-refractivity contribution >= 4 is 23.7 Å². The zero-order chi connectivity index (χ0) is 19.4. The lowest BCUT2D eigenvalue weighted by Gasteiger charge is -2.27. The molecule has 0 aromatic heterocycles. The summed E-state index contributed by atoms with van der Waals surface area (Å²) in [6.07, 6.45) is 0.628. The Morgan fingerprint density at radius 2 is 2.08 bits per heavy atom. The number of nitrogens with one attached hydrogen (secondary N) is 1. The van der Waals surface area contributed by atoms with Crippen molar-refractivity contribution in [2.24, 2.45) is 0 Å². The second kappa shape index (κ2) is 8.70. The molecule has 2 atom stereocenters. The number of nitrogens with zero attached hydrogens (tertiary/aromatic N) is 2. The van der Waals surface area contributed by atoms with E-state index in [0.29, 0.717) is 13.0 Å². The number of hydrogen-bond donors (Lipinski definition) is 1. The molecule has 0 aliphatic carbocycles. The number of thioether (sulfide) groups is 1. The molecule has 26 heavy (non-hydrogen) atoms. The molecule has 1 fully saturated rings. The van der Waals surface area contributed by atoms with Crippen molar-refractivity contribution in [2.75, 3.05) is 20.1 Å². The van der Waals surface area contributed by atoms with Crippen LogP contribution >= 0.6 is 11.8 Å². The Morgan fingerprint density at radius 3 is 2.65 bits per heavy atom. The van der Waals surface area contributed by atoms with Crippen LogP contribution < -0.4 is 5.32 Å². The fourth-order valence-electron chi connectivity index (χ4n) is 2.75. The molecule has 1 saturated heterocycles. The predicted molar refractivity (Wildman–Crippen MR) is 98.8 cm³/mol. The van der Waals surface area contributed by atoms with Crippen molar-refractivity contribution in [3.63, 3.8) is 0 Å². The average molecular weight is 385 g/mol. The number of carbonyl (C=O) groups excluding carboxylic acids is 2. The Labute approximate surface area is 157 Å². The number of halogens is 2. The summed E-state index contributed by atoms with van der Waals surface area (Å²) < 4.78 is 27.5. The number of hydrogen-bond acceptors (Lipinski definition) is 3. The van der Waals surface area contributed by atoms with Crippen LogP contribution in [0.25, 0.3) is 0 Å². The highest BCUT2D eigenvalue weighted by Crippen LogP contribution is 2.44. The molecule has 0 saturated carbocycles. The van der Waals surface area contributed by atoms with E-state index in [9.17, 15) is 18.4 Å². The molecular weight excluding hydrogens is 360 g/mol. The normalized spacial score (nSPS) is 20.0. The average Bonchev–Trinajstić information content (AvgIpc) is 2.87. The van der Waals surface area contributed by atoms with Crippen LogP contribution in [0, 0.1) is 11.6 Å². The number of carbonyl (C=O) groups is 2. The molecule has 1 aliphatic heterocycles. The van der Waals surface area contributed by atoms with Crippen LogP contribution in [0.3, 0.4) is 0 Å². The second-order valence-corrected chi connectivity index (χ2v) is 7.90. The molecule has 2 rings (SSSR count). The first kappa shape index (κ1) is 20.5. The molecular formula is C18H25F2N3O2S. The minimum atomic E-state index is -0.664. The first-order chi connectivity index (χ1) is 12.2. The molecule has 1 heterocycles.